The Morgan fingerprint density at radius 3 is 2.82 bits per heavy atom. The Morgan fingerprint density at radius 2 is 2.00 bits per heavy atom. The van der Waals surface area contributed by atoms with Crippen LogP contribution in [-0.2, 0) is 6.42 Å². The van der Waals surface area contributed by atoms with E-state index in [-0.39, 0.29) is 5.82 Å². The lowest BCUT2D eigenvalue weighted by molar-refractivity contribution is 0.628. The lowest BCUT2D eigenvalue weighted by atomic mass is 10.0. The van der Waals surface area contributed by atoms with E-state index in [0.717, 1.165) is 24.1 Å². The van der Waals surface area contributed by atoms with Crippen LogP contribution in [0.2, 0.25) is 5.02 Å². The van der Waals surface area contributed by atoms with Crippen molar-refractivity contribution >= 4 is 17.3 Å². The summed E-state index contributed by atoms with van der Waals surface area (Å²) in [6.45, 7) is 0.982. The summed E-state index contributed by atoms with van der Waals surface area (Å²) in [5, 5.41) is 3.76. The van der Waals surface area contributed by atoms with E-state index >= 15 is 0 Å². The minimum Gasteiger partial charge on any atom is -0.384 e. The van der Waals surface area contributed by atoms with Gasteiger partial charge in [0.25, 0.3) is 0 Å². The number of benzene rings is 2. The van der Waals surface area contributed by atoms with Gasteiger partial charge in [-0.15, -0.1) is 0 Å². The molecule has 3 rings (SSSR count). The minimum absolute atomic E-state index is 0.304. The summed E-state index contributed by atoms with van der Waals surface area (Å²) >= 11 is 6.06. The molecule has 17 heavy (non-hydrogen) atoms. The maximum Gasteiger partial charge on any atom is 0.124 e. The predicted octanol–water partition coefficient (Wildman–Crippen LogP) is 4.11. The molecule has 86 valence electrons. The Kier molecular flexibility index (Phi) is 2.52. The van der Waals surface area contributed by atoms with E-state index in [2.05, 4.69) is 17.4 Å². The molecule has 3 heteroatoms. The van der Waals surface area contributed by atoms with Crippen LogP contribution in [0.5, 0.6) is 0 Å². The predicted molar refractivity (Wildman–Crippen MR) is 69.0 cm³/mol. The summed E-state index contributed by atoms with van der Waals surface area (Å²) in [5.41, 5.74) is 4.40. The second-order valence-electron chi connectivity index (χ2n) is 4.17. The molecule has 0 amide bonds. The van der Waals surface area contributed by atoms with Crippen LogP contribution in [0.1, 0.15) is 5.56 Å². The molecule has 0 radical (unpaired) electrons. The minimum atomic E-state index is -0.304. The number of rotatable bonds is 1. The lowest BCUT2D eigenvalue weighted by Gasteiger charge is -2.07. The highest BCUT2D eigenvalue weighted by Gasteiger charge is 2.12. The van der Waals surface area contributed by atoms with Gasteiger partial charge in [-0.05, 0) is 47.9 Å². The molecule has 0 atom stereocenters. The maximum absolute atomic E-state index is 13.0. The molecule has 0 bridgehead atoms. The highest BCUT2D eigenvalue weighted by Crippen LogP contribution is 2.32. The SMILES string of the molecule is Fc1ccc(-c2ccc3c(c2)CCN3)c(Cl)c1. The molecule has 2 aromatic carbocycles. The highest BCUT2D eigenvalue weighted by atomic mass is 35.5. The van der Waals surface area contributed by atoms with Gasteiger partial charge in [-0.3, -0.25) is 0 Å². The second kappa shape index (κ2) is 4.04. The van der Waals surface area contributed by atoms with Gasteiger partial charge in [-0.1, -0.05) is 17.7 Å². The van der Waals surface area contributed by atoms with Crippen LogP contribution in [0.3, 0.4) is 0 Å². The molecule has 1 aliphatic rings. The smallest absolute Gasteiger partial charge is 0.124 e. The summed E-state index contributed by atoms with van der Waals surface area (Å²) in [6.07, 6.45) is 1.03. The van der Waals surface area contributed by atoms with Gasteiger partial charge in [0.1, 0.15) is 5.82 Å². The fraction of sp³-hybridized carbons (Fsp3) is 0.143. The molecule has 0 unspecified atom stereocenters. The molecule has 1 aliphatic heterocycles. The first-order chi connectivity index (χ1) is 8.24. The van der Waals surface area contributed by atoms with Crippen molar-refractivity contribution < 1.29 is 4.39 Å². The average molecular weight is 248 g/mol. The zero-order chi connectivity index (χ0) is 11.8. The molecule has 1 N–H and O–H groups in total. The number of fused-ring (bicyclic) bond motifs is 1. The topological polar surface area (TPSA) is 12.0 Å². The third kappa shape index (κ3) is 1.89. The summed E-state index contributed by atoms with van der Waals surface area (Å²) < 4.78 is 13.0. The summed E-state index contributed by atoms with van der Waals surface area (Å²) in [4.78, 5) is 0. The Labute approximate surface area is 104 Å². The first-order valence-electron chi connectivity index (χ1n) is 5.56. The van der Waals surface area contributed by atoms with Gasteiger partial charge in [0.2, 0.25) is 0 Å². The largest absolute Gasteiger partial charge is 0.384 e. The van der Waals surface area contributed by atoms with Gasteiger partial charge < -0.3 is 5.32 Å². The summed E-state index contributed by atoms with van der Waals surface area (Å²) in [5.74, 6) is -0.304. The van der Waals surface area contributed by atoms with E-state index in [4.69, 9.17) is 11.6 Å². The number of nitrogens with one attached hydrogen (secondary N) is 1. The van der Waals surface area contributed by atoms with Gasteiger partial charge in [0, 0.05) is 17.8 Å². The zero-order valence-corrected chi connectivity index (χ0v) is 9.89. The van der Waals surface area contributed by atoms with E-state index in [1.165, 1.54) is 23.4 Å². The second-order valence-corrected chi connectivity index (χ2v) is 4.58. The molecular weight excluding hydrogens is 237 g/mol. The van der Waals surface area contributed by atoms with Crippen LogP contribution < -0.4 is 5.32 Å². The molecular formula is C14H11ClFN. The Hall–Kier alpha value is -1.54. The average Bonchev–Trinajstić information content (AvgIpc) is 2.75. The molecule has 0 saturated heterocycles. The fourth-order valence-electron chi connectivity index (χ4n) is 2.20. The molecule has 0 fully saturated rings. The summed E-state index contributed by atoms with van der Waals surface area (Å²) in [6, 6.07) is 10.7. The van der Waals surface area contributed by atoms with E-state index in [9.17, 15) is 4.39 Å². The standard InChI is InChI=1S/C14H11ClFN/c15-13-8-11(16)2-3-12(13)9-1-4-14-10(7-9)5-6-17-14/h1-4,7-8,17H,5-6H2. The van der Waals surface area contributed by atoms with Crippen LogP contribution in [0, 0.1) is 5.82 Å². The number of hydrogen-bond donors (Lipinski definition) is 1. The van der Waals surface area contributed by atoms with Crippen molar-refractivity contribution in [2.45, 2.75) is 6.42 Å². The molecule has 1 heterocycles. The monoisotopic (exact) mass is 247 g/mol. The molecule has 0 aliphatic carbocycles. The van der Waals surface area contributed by atoms with Gasteiger partial charge in [-0.2, -0.15) is 0 Å². The molecule has 0 spiro atoms. The number of anilines is 1. The quantitative estimate of drug-likeness (QED) is 0.800. The zero-order valence-electron chi connectivity index (χ0n) is 9.13. The van der Waals surface area contributed by atoms with Gasteiger partial charge in [-0.25, -0.2) is 4.39 Å². The first-order valence-corrected chi connectivity index (χ1v) is 5.94. The number of hydrogen-bond acceptors (Lipinski definition) is 1. The Balaban J connectivity index is 2.09. The van der Waals surface area contributed by atoms with Crippen molar-refractivity contribution in [1.29, 1.82) is 0 Å². The fourth-order valence-corrected chi connectivity index (χ4v) is 2.47. The third-order valence-corrected chi connectivity index (χ3v) is 3.37. The van der Waals surface area contributed by atoms with E-state index < -0.39 is 0 Å². The molecule has 2 aromatic rings. The van der Waals surface area contributed by atoms with Gasteiger partial charge >= 0.3 is 0 Å². The van der Waals surface area contributed by atoms with E-state index in [1.807, 2.05) is 6.07 Å². The normalized spacial score (nSPS) is 13.3. The molecule has 0 aromatic heterocycles. The van der Waals surface area contributed by atoms with Crippen LogP contribution in [0.4, 0.5) is 10.1 Å². The van der Waals surface area contributed by atoms with Crippen LogP contribution in [0.25, 0.3) is 11.1 Å². The van der Waals surface area contributed by atoms with Crippen molar-refractivity contribution in [3.05, 3.63) is 52.8 Å². The van der Waals surface area contributed by atoms with E-state index in [0.29, 0.717) is 5.02 Å². The number of halogens is 2. The first kappa shape index (κ1) is 10.6. The maximum atomic E-state index is 13.0. The van der Waals surface area contributed by atoms with Crippen molar-refractivity contribution in [3.63, 3.8) is 0 Å². The Morgan fingerprint density at radius 1 is 1.12 bits per heavy atom. The van der Waals surface area contributed by atoms with Crippen molar-refractivity contribution in [2.24, 2.45) is 0 Å². The summed E-state index contributed by atoms with van der Waals surface area (Å²) in [7, 11) is 0. The van der Waals surface area contributed by atoms with Gasteiger partial charge in [0.05, 0.1) is 5.02 Å². The van der Waals surface area contributed by atoms with Crippen LogP contribution >= 0.6 is 11.6 Å². The van der Waals surface area contributed by atoms with Crippen molar-refractivity contribution in [1.82, 2.24) is 0 Å². The molecule has 0 saturated carbocycles. The van der Waals surface area contributed by atoms with Crippen molar-refractivity contribution in [3.8, 4) is 11.1 Å². The van der Waals surface area contributed by atoms with E-state index in [1.54, 1.807) is 6.07 Å². The van der Waals surface area contributed by atoms with Crippen molar-refractivity contribution in [2.75, 3.05) is 11.9 Å². The van der Waals surface area contributed by atoms with Crippen LogP contribution in [0.15, 0.2) is 36.4 Å². The lowest BCUT2D eigenvalue weighted by Crippen LogP contribution is -1.90. The third-order valence-electron chi connectivity index (χ3n) is 3.06. The van der Waals surface area contributed by atoms with Gasteiger partial charge in [0.15, 0.2) is 0 Å². The molecule has 1 nitrogen and oxygen atoms in total. The van der Waals surface area contributed by atoms with Crippen LogP contribution in [-0.4, -0.2) is 6.54 Å². The Bertz CT molecular complexity index is 580. The highest BCUT2D eigenvalue weighted by molar-refractivity contribution is 6.33.